The molecule has 13 rings (SSSR count). The Bertz CT molecular complexity index is 3910. The van der Waals surface area contributed by atoms with E-state index >= 15 is 0 Å². The maximum absolute atomic E-state index is 6.57. The summed E-state index contributed by atoms with van der Waals surface area (Å²) >= 11 is 0. The van der Waals surface area contributed by atoms with E-state index in [1.807, 2.05) is 18.2 Å². The van der Waals surface area contributed by atoms with Gasteiger partial charge in [-0.25, -0.2) is 0 Å². The van der Waals surface area contributed by atoms with Gasteiger partial charge in [0, 0.05) is 43.9 Å². The molecule has 0 unspecified atom stereocenters. The topological polar surface area (TPSA) is 29.5 Å². The fraction of sp³-hybridized carbons (Fsp3) is 0. The van der Waals surface area contributed by atoms with Crippen LogP contribution in [0, 0.1) is 0 Å². The molecule has 0 amide bonds. The minimum absolute atomic E-state index is 0.896. The van der Waals surface area contributed by atoms with E-state index in [0.717, 1.165) is 94.3 Å². The standard InChI is InChI=1S/C60H37NO2/c1-4-15-47-41(12-1)34-43(35-55(47)54-21-11-20-53-51-19-8-10-23-58(51)63-60(53)54)39-26-31-45(32-27-39)61(56-36-42-13-2-3-14-46(42)48-16-5-6-17-49(48)56)44-29-24-38(25-30-44)40-28-33-52-50-18-7-9-22-57(50)62-59(52)37-40/h1-37H. The Hall–Kier alpha value is -8.40. The molecule has 0 bridgehead atoms. The van der Waals surface area contributed by atoms with Crippen LogP contribution in [-0.2, 0) is 0 Å². The second-order valence-corrected chi connectivity index (χ2v) is 16.4. The highest BCUT2D eigenvalue weighted by Gasteiger charge is 2.20. The number of nitrogens with zero attached hydrogens (tertiary/aromatic N) is 1. The third kappa shape index (κ3) is 5.75. The Morgan fingerprint density at radius 2 is 0.794 bits per heavy atom. The Kier molecular flexibility index (Phi) is 7.91. The van der Waals surface area contributed by atoms with Crippen LogP contribution >= 0.6 is 0 Å². The van der Waals surface area contributed by atoms with Gasteiger partial charge in [-0.2, -0.15) is 0 Å². The lowest BCUT2D eigenvalue weighted by atomic mass is 9.92. The van der Waals surface area contributed by atoms with Crippen LogP contribution in [0.2, 0.25) is 0 Å². The Labute approximate surface area is 363 Å². The first-order chi connectivity index (χ1) is 31.2. The Morgan fingerprint density at radius 1 is 0.270 bits per heavy atom. The molecule has 0 aliphatic rings. The number of furan rings is 2. The maximum Gasteiger partial charge on any atom is 0.143 e. The number of benzene rings is 11. The van der Waals surface area contributed by atoms with Crippen molar-refractivity contribution in [3.05, 3.63) is 224 Å². The van der Waals surface area contributed by atoms with E-state index in [1.165, 1.54) is 32.3 Å². The molecule has 294 valence electrons. The molecule has 0 atom stereocenters. The van der Waals surface area contributed by atoms with E-state index in [2.05, 4.69) is 211 Å². The molecule has 0 saturated heterocycles. The second-order valence-electron chi connectivity index (χ2n) is 16.4. The van der Waals surface area contributed by atoms with Crippen molar-refractivity contribution >= 4 is 93.3 Å². The van der Waals surface area contributed by atoms with Gasteiger partial charge in [0.2, 0.25) is 0 Å². The van der Waals surface area contributed by atoms with E-state index in [1.54, 1.807) is 0 Å². The van der Waals surface area contributed by atoms with E-state index in [-0.39, 0.29) is 0 Å². The quantitative estimate of drug-likeness (QED) is 0.157. The van der Waals surface area contributed by atoms with Crippen LogP contribution in [0.15, 0.2) is 233 Å². The van der Waals surface area contributed by atoms with Crippen molar-refractivity contribution in [2.24, 2.45) is 0 Å². The fourth-order valence-corrected chi connectivity index (χ4v) is 9.82. The van der Waals surface area contributed by atoms with Gasteiger partial charge in [0.25, 0.3) is 0 Å². The number of hydrogen-bond donors (Lipinski definition) is 0. The minimum Gasteiger partial charge on any atom is -0.456 e. The van der Waals surface area contributed by atoms with Crippen molar-refractivity contribution < 1.29 is 8.83 Å². The molecule has 3 heteroatoms. The first-order valence-corrected chi connectivity index (χ1v) is 21.5. The fourth-order valence-electron chi connectivity index (χ4n) is 9.82. The number of para-hydroxylation sites is 3. The maximum atomic E-state index is 6.57. The molecule has 2 heterocycles. The molecule has 0 radical (unpaired) electrons. The Balaban J connectivity index is 0.944. The molecule has 2 aromatic heterocycles. The summed E-state index contributed by atoms with van der Waals surface area (Å²) in [5, 5.41) is 11.8. The molecule has 3 nitrogen and oxygen atoms in total. The van der Waals surface area contributed by atoms with Crippen molar-refractivity contribution in [3.63, 3.8) is 0 Å². The zero-order valence-corrected chi connectivity index (χ0v) is 34.1. The average Bonchev–Trinajstić information content (AvgIpc) is 3.93. The summed E-state index contributed by atoms with van der Waals surface area (Å²) in [7, 11) is 0. The van der Waals surface area contributed by atoms with Crippen molar-refractivity contribution in [1.29, 1.82) is 0 Å². The van der Waals surface area contributed by atoms with Crippen LogP contribution in [0.3, 0.4) is 0 Å². The second kappa shape index (κ2) is 14.1. The van der Waals surface area contributed by atoms with E-state index in [4.69, 9.17) is 8.83 Å². The van der Waals surface area contributed by atoms with Crippen LogP contribution < -0.4 is 4.90 Å². The van der Waals surface area contributed by atoms with Gasteiger partial charge in [-0.15, -0.1) is 0 Å². The zero-order valence-electron chi connectivity index (χ0n) is 34.1. The molecule has 11 aromatic carbocycles. The van der Waals surface area contributed by atoms with Gasteiger partial charge in [0.15, 0.2) is 0 Å². The third-order valence-electron chi connectivity index (χ3n) is 12.8. The molecule has 0 saturated carbocycles. The van der Waals surface area contributed by atoms with Crippen molar-refractivity contribution in [3.8, 4) is 33.4 Å². The van der Waals surface area contributed by atoms with Crippen molar-refractivity contribution in [2.45, 2.75) is 0 Å². The van der Waals surface area contributed by atoms with Gasteiger partial charge in [-0.3, -0.25) is 0 Å². The van der Waals surface area contributed by atoms with Crippen molar-refractivity contribution in [2.75, 3.05) is 4.90 Å². The first-order valence-electron chi connectivity index (χ1n) is 21.5. The lowest BCUT2D eigenvalue weighted by Gasteiger charge is -2.28. The minimum atomic E-state index is 0.896. The van der Waals surface area contributed by atoms with Crippen molar-refractivity contribution in [1.82, 2.24) is 0 Å². The van der Waals surface area contributed by atoms with Gasteiger partial charge in [0.1, 0.15) is 22.3 Å². The lowest BCUT2D eigenvalue weighted by Crippen LogP contribution is -2.10. The number of hydrogen-bond acceptors (Lipinski definition) is 3. The van der Waals surface area contributed by atoms with E-state index in [0.29, 0.717) is 0 Å². The van der Waals surface area contributed by atoms with Gasteiger partial charge in [0.05, 0.1) is 5.69 Å². The number of fused-ring (bicyclic) bond motifs is 10. The molecule has 63 heavy (non-hydrogen) atoms. The molecule has 0 spiro atoms. The highest BCUT2D eigenvalue weighted by atomic mass is 16.3. The summed E-state index contributed by atoms with van der Waals surface area (Å²) in [5.74, 6) is 0. The van der Waals surface area contributed by atoms with Gasteiger partial charge < -0.3 is 13.7 Å². The van der Waals surface area contributed by atoms with Gasteiger partial charge in [-0.1, -0.05) is 158 Å². The summed E-state index contributed by atoms with van der Waals surface area (Å²) in [6, 6.07) is 80.6. The molecule has 0 aliphatic heterocycles. The molecule has 0 N–H and O–H groups in total. The van der Waals surface area contributed by atoms with Gasteiger partial charge >= 0.3 is 0 Å². The Morgan fingerprint density at radius 3 is 1.52 bits per heavy atom. The number of anilines is 3. The first kappa shape index (κ1) is 35.4. The van der Waals surface area contributed by atoms with Crippen LogP contribution in [0.4, 0.5) is 17.1 Å². The summed E-state index contributed by atoms with van der Waals surface area (Å²) in [6.07, 6.45) is 0. The molecular formula is C60H37NO2. The summed E-state index contributed by atoms with van der Waals surface area (Å²) < 4.78 is 12.8. The highest BCUT2D eigenvalue weighted by molar-refractivity contribution is 6.15. The zero-order chi connectivity index (χ0) is 41.4. The predicted octanol–water partition coefficient (Wildman–Crippen LogP) is 17.4. The van der Waals surface area contributed by atoms with E-state index < -0.39 is 0 Å². The highest BCUT2D eigenvalue weighted by Crippen LogP contribution is 2.45. The summed E-state index contributed by atoms with van der Waals surface area (Å²) in [4.78, 5) is 2.40. The SMILES string of the molecule is c1ccc2c(-c3cccc4c3oc3ccccc34)cc(-c3ccc(N(c4ccc(-c5ccc6c(c5)oc5ccccc56)cc4)c4cc5ccccc5c5ccccc45)cc3)cc2c1. The number of rotatable bonds is 6. The van der Waals surface area contributed by atoms with Crippen LogP contribution in [0.25, 0.3) is 110 Å². The molecule has 13 aromatic rings. The third-order valence-corrected chi connectivity index (χ3v) is 12.8. The predicted molar refractivity (Wildman–Crippen MR) is 265 cm³/mol. The van der Waals surface area contributed by atoms with Crippen LogP contribution in [0.5, 0.6) is 0 Å². The summed E-state index contributed by atoms with van der Waals surface area (Å²) in [5.41, 5.74) is 13.7. The molecule has 0 fully saturated rings. The normalized spacial score (nSPS) is 11.8. The van der Waals surface area contributed by atoms with Crippen LogP contribution in [0.1, 0.15) is 0 Å². The lowest BCUT2D eigenvalue weighted by molar-refractivity contribution is 0.669. The van der Waals surface area contributed by atoms with Gasteiger partial charge in [-0.05, 0) is 121 Å². The smallest absolute Gasteiger partial charge is 0.143 e. The largest absolute Gasteiger partial charge is 0.456 e. The molecule has 0 aliphatic carbocycles. The van der Waals surface area contributed by atoms with E-state index in [9.17, 15) is 0 Å². The average molecular weight is 804 g/mol. The monoisotopic (exact) mass is 803 g/mol. The van der Waals surface area contributed by atoms with Crippen LogP contribution in [-0.4, -0.2) is 0 Å². The molecular weight excluding hydrogens is 767 g/mol. The summed E-state index contributed by atoms with van der Waals surface area (Å²) in [6.45, 7) is 0.